The molecule has 0 aliphatic heterocycles. The molecule has 0 rings (SSSR count). The van der Waals surface area contributed by atoms with E-state index in [1.54, 1.807) is 0 Å². The van der Waals surface area contributed by atoms with Crippen molar-refractivity contribution in [2.24, 2.45) is 0 Å². The summed E-state index contributed by atoms with van der Waals surface area (Å²) in [6, 6.07) is 0. The van der Waals surface area contributed by atoms with Crippen molar-refractivity contribution in [3.63, 3.8) is 0 Å². The molecule has 0 N–H and O–H groups in total. The lowest BCUT2D eigenvalue weighted by Gasteiger charge is -2.29. The number of rotatable bonds is 12. The fourth-order valence-electron chi connectivity index (χ4n) is 2.23. The molecule has 0 aromatic heterocycles. The number of hydrogen-bond acceptors (Lipinski definition) is 0. The van der Waals surface area contributed by atoms with Gasteiger partial charge in [0.15, 0.2) is 0 Å². The maximum atomic E-state index is 3.80. The summed E-state index contributed by atoms with van der Waals surface area (Å²) in [5, 5.41) is 0. The topological polar surface area (TPSA) is 0 Å². The Bertz CT molecular complexity index is 178. The van der Waals surface area contributed by atoms with Crippen LogP contribution in [0.5, 0.6) is 0 Å². The van der Waals surface area contributed by atoms with E-state index in [-0.39, 0.29) is 12.4 Å². The molecule has 0 atom stereocenters. The van der Waals surface area contributed by atoms with E-state index in [4.69, 9.17) is 0 Å². The van der Waals surface area contributed by atoms with Gasteiger partial charge in [0.2, 0.25) is 0 Å². The molecule has 110 valence electrons. The Balaban J connectivity index is 0. The van der Waals surface area contributed by atoms with Crippen molar-refractivity contribution >= 4 is 0 Å². The molecule has 0 unspecified atom stereocenters. The minimum atomic E-state index is 0. The number of hydrogen-bond donors (Lipinski definition) is 0. The molecule has 0 saturated heterocycles. The molecule has 0 amide bonds. The predicted octanol–water partition coefficient (Wildman–Crippen LogP) is 1.78. The van der Waals surface area contributed by atoms with Crippen molar-refractivity contribution in [3.8, 4) is 0 Å². The van der Waals surface area contributed by atoms with Crippen LogP contribution in [-0.2, 0) is 0 Å². The van der Waals surface area contributed by atoms with E-state index in [1.165, 1.54) is 64.5 Å². The molecule has 0 aliphatic rings. The smallest absolute Gasteiger partial charge is 0.0817 e. The Hall–Kier alpha value is -0.0100. The van der Waals surface area contributed by atoms with Crippen LogP contribution in [0.3, 0.4) is 0 Å². The Morgan fingerprint density at radius 1 is 0.833 bits per heavy atom. The molecule has 0 saturated carbocycles. The second-order valence-electron chi connectivity index (χ2n) is 5.94. The minimum absolute atomic E-state index is 0. The first-order valence-corrected chi connectivity index (χ1v) is 7.55. The Labute approximate surface area is 122 Å². The summed E-state index contributed by atoms with van der Waals surface area (Å²) in [7, 11) is 4.68. The lowest BCUT2D eigenvalue weighted by molar-refractivity contribution is -0.890. The Kier molecular flexibility index (Phi) is 15.1. The van der Waals surface area contributed by atoms with Gasteiger partial charge in [-0.15, -0.1) is 6.58 Å². The third kappa shape index (κ3) is 14.1. The molecular weight excluding hydrogens is 242 g/mol. The second kappa shape index (κ2) is 13.4. The van der Waals surface area contributed by atoms with Crippen LogP contribution in [0.15, 0.2) is 12.7 Å². The van der Waals surface area contributed by atoms with Crippen molar-refractivity contribution in [3.05, 3.63) is 12.7 Å². The summed E-state index contributed by atoms with van der Waals surface area (Å²) in [4.78, 5) is 0. The van der Waals surface area contributed by atoms with Gasteiger partial charge in [0.1, 0.15) is 0 Å². The van der Waals surface area contributed by atoms with E-state index in [2.05, 4.69) is 27.6 Å². The summed E-state index contributed by atoms with van der Waals surface area (Å²) in [5.74, 6) is 0. The number of unbranched alkanes of at least 4 members (excludes halogenated alkanes) is 7. The van der Waals surface area contributed by atoms with Gasteiger partial charge in [-0.25, -0.2) is 0 Å². The van der Waals surface area contributed by atoms with E-state index in [0.29, 0.717) is 0 Å². The van der Waals surface area contributed by atoms with E-state index >= 15 is 0 Å². The van der Waals surface area contributed by atoms with Gasteiger partial charge >= 0.3 is 0 Å². The molecule has 0 spiro atoms. The average Bonchev–Trinajstić information content (AvgIpc) is 2.30. The molecular formula is C16H34ClN. The Morgan fingerprint density at radius 2 is 1.33 bits per heavy atom. The zero-order chi connectivity index (χ0) is 13.0. The normalized spacial score (nSPS) is 11.1. The fraction of sp³-hybridized carbons (Fsp3) is 0.875. The van der Waals surface area contributed by atoms with Gasteiger partial charge < -0.3 is 16.9 Å². The van der Waals surface area contributed by atoms with Gasteiger partial charge in [-0.05, 0) is 12.8 Å². The summed E-state index contributed by atoms with van der Waals surface area (Å²) >= 11 is 0. The molecule has 0 aliphatic carbocycles. The monoisotopic (exact) mass is 275 g/mol. The molecule has 0 fully saturated rings. The van der Waals surface area contributed by atoms with Crippen LogP contribution in [0.2, 0.25) is 0 Å². The van der Waals surface area contributed by atoms with Gasteiger partial charge in [0, 0.05) is 6.42 Å². The van der Waals surface area contributed by atoms with Crippen molar-refractivity contribution in [2.45, 2.75) is 64.7 Å². The number of nitrogens with zero attached hydrogens (tertiary/aromatic N) is 1. The maximum absolute atomic E-state index is 3.80. The third-order valence-corrected chi connectivity index (χ3v) is 3.56. The van der Waals surface area contributed by atoms with Crippen LogP contribution in [0, 0.1) is 0 Å². The van der Waals surface area contributed by atoms with Gasteiger partial charge in [0.05, 0.1) is 27.2 Å². The zero-order valence-corrected chi connectivity index (χ0v) is 13.6. The van der Waals surface area contributed by atoms with Crippen LogP contribution in [0.4, 0.5) is 0 Å². The van der Waals surface area contributed by atoms with Gasteiger partial charge in [-0.2, -0.15) is 0 Å². The zero-order valence-electron chi connectivity index (χ0n) is 12.9. The highest BCUT2D eigenvalue weighted by atomic mass is 35.5. The predicted molar refractivity (Wildman–Crippen MR) is 79.3 cm³/mol. The summed E-state index contributed by atoms with van der Waals surface area (Å²) < 4.78 is 1.15. The fourth-order valence-corrected chi connectivity index (χ4v) is 2.23. The van der Waals surface area contributed by atoms with E-state index in [9.17, 15) is 0 Å². The van der Waals surface area contributed by atoms with Crippen LogP contribution in [0.1, 0.15) is 64.7 Å². The Morgan fingerprint density at radius 3 is 1.83 bits per heavy atom. The van der Waals surface area contributed by atoms with Crippen LogP contribution < -0.4 is 12.4 Å². The molecule has 0 heterocycles. The first-order chi connectivity index (χ1) is 8.12. The van der Waals surface area contributed by atoms with Crippen molar-refractivity contribution in [1.82, 2.24) is 0 Å². The second-order valence-corrected chi connectivity index (χ2v) is 5.94. The van der Waals surface area contributed by atoms with Crippen molar-refractivity contribution in [2.75, 3.05) is 27.2 Å². The SMILES string of the molecule is C=CCC[N+](C)(C)CCCCCCCCCC.[Cl-]. The number of quaternary nitrogens is 1. The first kappa shape index (κ1) is 20.3. The van der Waals surface area contributed by atoms with Gasteiger partial charge in [-0.1, -0.05) is 51.5 Å². The minimum Gasteiger partial charge on any atom is -1.00 e. The third-order valence-electron chi connectivity index (χ3n) is 3.56. The maximum Gasteiger partial charge on any atom is 0.0817 e. The molecule has 0 aromatic carbocycles. The molecule has 0 bridgehead atoms. The number of halogens is 1. The van der Waals surface area contributed by atoms with E-state index in [1.807, 2.05) is 6.08 Å². The lowest BCUT2D eigenvalue weighted by Crippen LogP contribution is -3.00. The van der Waals surface area contributed by atoms with E-state index in [0.717, 1.165) is 10.9 Å². The standard InChI is InChI=1S/C16H34N.ClH/c1-5-7-9-10-11-12-13-14-16-17(3,4)15-8-6-2;/h6H,2,5,7-16H2,1,3-4H3;1H/q+1;/p-1. The van der Waals surface area contributed by atoms with Gasteiger partial charge in [-0.3, -0.25) is 0 Å². The summed E-state index contributed by atoms with van der Waals surface area (Å²) in [5.41, 5.74) is 0. The molecule has 1 nitrogen and oxygen atoms in total. The van der Waals surface area contributed by atoms with Crippen molar-refractivity contribution < 1.29 is 16.9 Å². The van der Waals surface area contributed by atoms with Crippen LogP contribution in [-0.4, -0.2) is 31.7 Å². The molecule has 18 heavy (non-hydrogen) atoms. The van der Waals surface area contributed by atoms with Crippen LogP contribution in [0.25, 0.3) is 0 Å². The summed E-state index contributed by atoms with van der Waals surface area (Å²) in [6.45, 7) is 8.64. The quantitative estimate of drug-likeness (QED) is 0.289. The molecule has 0 aromatic rings. The largest absolute Gasteiger partial charge is 1.00 e. The lowest BCUT2D eigenvalue weighted by atomic mass is 10.1. The van der Waals surface area contributed by atoms with Crippen molar-refractivity contribution in [1.29, 1.82) is 0 Å². The van der Waals surface area contributed by atoms with Gasteiger partial charge in [0.25, 0.3) is 0 Å². The van der Waals surface area contributed by atoms with E-state index < -0.39 is 0 Å². The highest BCUT2D eigenvalue weighted by Crippen LogP contribution is 2.10. The highest BCUT2D eigenvalue weighted by Gasteiger charge is 2.12. The molecule has 0 radical (unpaired) electrons. The molecule has 2 heteroatoms. The highest BCUT2D eigenvalue weighted by molar-refractivity contribution is 4.64. The summed E-state index contributed by atoms with van der Waals surface area (Å²) in [6.07, 6.45) is 14.5. The first-order valence-electron chi connectivity index (χ1n) is 7.55. The van der Waals surface area contributed by atoms with Crippen LogP contribution >= 0.6 is 0 Å². The average molecular weight is 276 g/mol.